The third kappa shape index (κ3) is 10.7. The molecule has 0 fully saturated rings. The number of aldehydes is 1. The van der Waals surface area contributed by atoms with Gasteiger partial charge in [0.2, 0.25) is 0 Å². The molecule has 0 aliphatic carbocycles. The van der Waals surface area contributed by atoms with Crippen LogP contribution < -0.4 is 29.6 Å². The number of hydrogen-bond acceptors (Lipinski definition) is 2. The predicted octanol–water partition coefficient (Wildman–Crippen LogP) is -2.54. The third-order valence-electron chi connectivity index (χ3n) is 0.282. The van der Waals surface area contributed by atoms with Crippen molar-refractivity contribution in [3.05, 3.63) is 12.8 Å². The van der Waals surface area contributed by atoms with Crippen LogP contribution in [0.15, 0.2) is 12.8 Å². The van der Waals surface area contributed by atoms with E-state index in [0.29, 0.717) is 6.29 Å². The second kappa shape index (κ2) is 9.51. The molecule has 0 N–H and O–H groups in total. The summed E-state index contributed by atoms with van der Waals surface area (Å²) >= 11 is 0. The SMILES string of the molecule is C=COCC=O.[H-].[Na+]. The molecule has 0 aliphatic rings. The molecule has 0 aromatic heterocycles. The number of carbonyl (C=O) groups excluding carboxylic acids is 1. The molecule has 36 valence electrons. The van der Waals surface area contributed by atoms with Crippen molar-refractivity contribution in [2.75, 3.05) is 6.61 Å². The van der Waals surface area contributed by atoms with E-state index in [2.05, 4.69) is 11.3 Å². The first kappa shape index (κ1) is 10.2. The molecule has 7 heavy (non-hydrogen) atoms. The Hall–Kier alpha value is 0.210. The van der Waals surface area contributed by atoms with E-state index in [9.17, 15) is 4.79 Å². The van der Waals surface area contributed by atoms with Crippen LogP contribution in [0.2, 0.25) is 0 Å². The predicted molar refractivity (Wildman–Crippen MR) is 23.3 cm³/mol. The molecule has 0 aromatic rings. The fourth-order valence-electron chi connectivity index (χ4n) is 0.107. The summed E-state index contributed by atoms with van der Waals surface area (Å²) in [7, 11) is 0. The van der Waals surface area contributed by atoms with Crippen LogP contribution in [0.4, 0.5) is 0 Å². The zero-order chi connectivity index (χ0) is 4.83. The smallest absolute Gasteiger partial charge is 1.00 e. The van der Waals surface area contributed by atoms with Crippen molar-refractivity contribution in [3.8, 4) is 0 Å². The Bertz CT molecular complexity index is 50.0. The molecule has 0 radical (unpaired) electrons. The van der Waals surface area contributed by atoms with Gasteiger partial charge in [-0.1, -0.05) is 6.58 Å². The van der Waals surface area contributed by atoms with Gasteiger partial charge in [-0.05, 0) is 0 Å². The van der Waals surface area contributed by atoms with Gasteiger partial charge in [0.25, 0.3) is 0 Å². The van der Waals surface area contributed by atoms with Gasteiger partial charge < -0.3 is 6.16 Å². The van der Waals surface area contributed by atoms with E-state index in [1.807, 2.05) is 0 Å². The van der Waals surface area contributed by atoms with Crippen LogP contribution >= 0.6 is 0 Å². The Kier molecular flexibility index (Phi) is 13.9. The first-order valence-corrected chi connectivity index (χ1v) is 1.58. The molecule has 0 aromatic carbocycles. The number of carbonyl (C=O) groups is 1. The standard InChI is InChI=1S/C4H6O2.Na.H/c1-2-6-4-3-5;;/h2-3H,1,4H2;;/q;+1;-1. The fraction of sp³-hybridized carbons (Fsp3) is 0.250. The Balaban J connectivity index is -0.000000125. The van der Waals surface area contributed by atoms with Crippen LogP contribution in [0.1, 0.15) is 1.43 Å². The molecule has 2 nitrogen and oxygen atoms in total. The van der Waals surface area contributed by atoms with Crippen LogP contribution in [-0.2, 0) is 9.53 Å². The van der Waals surface area contributed by atoms with Gasteiger partial charge in [0.1, 0.15) is 6.61 Å². The summed E-state index contributed by atoms with van der Waals surface area (Å²) in [5.41, 5.74) is 0. The van der Waals surface area contributed by atoms with E-state index in [1.54, 1.807) is 0 Å². The van der Waals surface area contributed by atoms with Gasteiger partial charge >= 0.3 is 29.6 Å². The van der Waals surface area contributed by atoms with Gasteiger partial charge in [0, 0.05) is 0 Å². The summed E-state index contributed by atoms with van der Waals surface area (Å²) in [4.78, 5) is 9.39. The van der Waals surface area contributed by atoms with Gasteiger partial charge in [0.15, 0.2) is 6.29 Å². The monoisotopic (exact) mass is 110 g/mol. The van der Waals surface area contributed by atoms with E-state index in [0.717, 1.165) is 0 Å². The summed E-state index contributed by atoms with van der Waals surface area (Å²) < 4.78 is 4.38. The zero-order valence-electron chi connectivity index (χ0n) is 5.39. The number of ether oxygens (including phenoxy) is 1. The second-order valence-corrected chi connectivity index (χ2v) is 0.667. The normalized spacial score (nSPS) is 5.71. The maximum Gasteiger partial charge on any atom is 1.00 e. The van der Waals surface area contributed by atoms with Crippen molar-refractivity contribution < 1.29 is 40.5 Å². The molecule has 0 spiro atoms. The second-order valence-electron chi connectivity index (χ2n) is 0.667. The van der Waals surface area contributed by atoms with Gasteiger partial charge in [-0.25, -0.2) is 0 Å². The topological polar surface area (TPSA) is 26.3 Å². The van der Waals surface area contributed by atoms with Crippen LogP contribution in [0, 0.1) is 0 Å². The van der Waals surface area contributed by atoms with Gasteiger partial charge in [0.05, 0.1) is 6.26 Å². The largest absolute Gasteiger partial charge is 1.00 e. The van der Waals surface area contributed by atoms with Crippen molar-refractivity contribution in [2.24, 2.45) is 0 Å². The maximum atomic E-state index is 9.39. The van der Waals surface area contributed by atoms with Crippen molar-refractivity contribution in [2.45, 2.75) is 0 Å². The van der Waals surface area contributed by atoms with E-state index in [4.69, 9.17) is 0 Å². The number of hydrogen-bond donors (Lipinski definition) is 0. The van der Waals surface area contributed by atoms with Crippen LogP contribution in [0.3, 0.4) is 0 Å². The van der Waals surface area contributed by atoms with Gasteiger partial charge in [-0.15, -0.1) is 0 Å². The molecule has 0 bridgehead atoms. The summed E-state index contributed by atoms with van der Waals surface area (Å²) in [6.07, 6.45) is 1.90. The van der Waals surface area contributed by atoms with E-state index in [-0.39, 0.29) is 37.6 Å². The van der Waals surface area contributed by atoms with Crippen molar-refractivity contribution >= 4 is 6.29 Å². The van der Waals surface area contributed by atoms with E-state index in [1.165, 1.54) is 6.26 Å². The molecule has 0 amide bonds. The minimum Gasteiger partial charge on any atom is -1.00 e. The number of rotatable bonds is 3. The van der Waals surface area contributed by atoms with Gasteiger partial charge in [-0.2, -0.15) is 0 Å². The quantitative estimate of drug-likeness (QED) is 0.173. The average Bonchev–Trinajstić information content (AvgIpc) is 1.61. The molecule has 0 saturated carbocycles. The fourth-order valence-corrected chi connectivity index (χ4v) is 0.107. The Morgan fingerprint density at radius 2 is 2.43 bits per heavy atom. The Labute approximate surface area is 66.3 Å². The minimum atomic E-state index is 0. The molecule has 0 heterocycles. The molecular weight excluding hydrogens is 103 g/mol. The molecule has 3 heteroatoms. The molecule has 0 atom stereocenters. The zero-order valence-corrected chi connectivity index (χ0v) is 6.39. The summed E-state index contributed by atoms with van der Waals surface area (Å²) in [5, 5.41) is 0. The first-order chi connectivity index (χ1) is 2.91. The Morgan fingerprint density at radius 1 is 1.86 bits per heavy atom. The van der Waals surface area contributed by atoms with Crippen molar-refractivity contribution in [1.82, 2.24) is 0 Å². The van der Waals surface area contributed by atoms with Crippen LogP contribution in [0.5, 0.6) is 0 Å². The summed E-state index contributed by atoms with van der Waals surface area (Å²) in [5.74, 6) is 0. The van der Waals surface area contributed by atoms with Crippen LogP contribution in [0.25, 0.3) is 0 Å². The summed E-state index contributed by atoms with van der Waals surface area (Å²) in [6.45, 7) is 3.33. The molecule has 0 rings (SSSR count). The van der Waals surface area contributed by atoms with E-state index < -0.39 is 0 Å². The van der Waals surface area contributed by atoms with Gasteiger partial charge in [-0.3, -0.25) is 4.79 Å². The Morgan fingerprint density at radius 3 is 2.57 bits per heavy atom. The average molecular weight is 110 g/mol. The minimum absolute atomic E-state index is 0. The molecule has 0 unspecified atom stereocenters. The molecule has 0 saturated heterocycles. The third-order valence-corrected chi connectivity index (χ3v) is 0.282. The van der Waals surface area contributed by atoms with E-state index >= 15 is 0 Å². The van der Waals surface area contributed by atoms with Crippen LogP contribution in [-0.4, -0.2) is 12.9 Å². The molecule has 0 aliphatic heterocycles. The maximum absolute atomic E-state index is 9.39. The van der Waals surface area contributed by atoms with Crippen molar-refractivity contribution in [1.29, 1.82) is 0 Å². The first-order valence-electron chi connectivity index (χ1n) is 1.58. The summed E-state index contributed by atoms with van der Waals surface area (Å²) in [6, 6.07) is 0. The molecular formula is C4H7NaO2. The van der Waals surface area contributed by atoms with Crippen molar-refractivity contribution in [3.63, 3.8) is 0 Å².